The van der Waals surface area contributed by atoms with Crippen molar-refractivity contribution in [2.24, 2.45) is 5.73 Å². The van der Waals surface area contributed by atoms with E-state index < -0.39 is 23.5 Å². The molecule has 19 heavy (non-hydrogen) atoms. The molecular weight excluding hydrogens is 387 g/mol. The van der Waals surface area contributed by atoms with Crippen molar-refractivity contribution in [1.29, 1.82) is 0 Å². The summed E-state index contributed by atoms with van der Waals surface area (Å²) >= 11 is 6.16. The molecule has 0 bridgehead atoms. The van der Waals surface area contributed by atoms with Crippen molar-refractivity contribution in [3.8, 4) is 0 Å². The lowest BCUT2D eigenvalue weighted by molar-refractivity contribution is 0.501. The summed E-state index contributed by atoms with van der Waals surface area (Å²) in [5.74, 6) is -2.53. The fourth-order valence-corrected chi connectivity index (χ4v) is 2.65. The first-order valence-corrected chi connectivity index (χ1v) is 6.84. The first kappa shape index (κ1) is 14.6. The topological polar surface area (TPSA) is 26.0 Å². The van der Waals surface area contributed by atoms with E-state index in [2.05, 4.69) is 31.9 Å². The van der Waals surface area contributed by atoms with Gasteiger partial charge in [0.15, 0.2) is 11.6 Å². The highest BCUT2D eigenvalue weighted by Gasteiger charge is 2.20. The van der Waals surface area contributed by atoms with E-state index in [4.69, 9.17) is 5.73 Å². The van der Waals surface area contributed by atoms with E-state index in [1.807, 2.05) is 0 Å². The Balaban J connectivity index is 2.53. The lowest BCUT2D eigenvalue weighted by Crippen LogP contribution is -2.15. The van der Waals surface area contributed by atoms with E-state index in [-0.39, 0.29) is 15.6 Å². The second-order valence-electron chi connectivity index (χ2n) is 3.91. The molecule has 0 aliphatic heterocycles. The maximum absolute atomic E-state index is 13.7. The molecule has 2 aromatic rings. The van der Waals surface area contributed by atoms with Crippen molar-refractivity contribution in [3.63, 3.8) is 0 Å². The predicted molar refractivity (Wildman–Crippen MR) is 74.2 cm³/mol. The van der Waals surface area contributed by atoms with Crippen LogP contribution in [0.4, 0.5) is 13.2 Å². The molecule has 2 N–H and O–H groups in total. The third-order valence-corrected chi connectivity index (χ3v) is 3.99. The van der Waals surface area contributed by atoms with Gasteiger partial charge in [-0.15, -0.1) is 0 Å². The van der Waals surface area contributed by atoms with Gasteiger partial charge in [0.05, 0.1) is 10.5 Å². The second-order valence-corrected chi connectivity index (χ2v) is 5.62. The molecule has 2 rings (SSSR count). The number of hydrogen-bond acceptors (Lipinski definition) is 1. The monoisotopic (exact) mass is 393 g/mol. The molecule has 0 saturated carbocycles. The molecule has 0 saturated heterocycles. The Morgan fingerprint density at radius 1 is 0.895 bits per heavy atom. The summed E-state index contributed by atoms with van der Waals surface area (Å²) in [6.45, 7) is 0. The van der Waals surface area contributed by atoms with E-state index in [1.54, 1.807) is 0 Å². The zero-order valence-corrected chi connectivity index (χ0v) is 12.6. The van der Waals surface area contributed by atoms with Crippen LogP contribution < -0.4 is 5.73 Å². The molecule has 0 aliphatic rings. The van der Waals surface area contributed by atoms with Crippen LogP contribution in [0.3, 0.4) is 0 Å². The molecule has 0 fully saturated rings. The van der Waals surface area contributed by atoms with Gasteiger partial charge in [-0.25, -0.2) is 13.2 Å². The Kier molecular flexibility index (Phi) is 4.32. The highest BCUT2D eigenvalue weighted by atomic mass is 79.9. The standard InChI is InChI=1S/C13H8Br2F3N/c14-6-1-3-9(16)8(5-6)13(19)7-2-4-10(17)12(18)11(7)15/h1-5,13H,19H2. The van der Waals surface area contributed by atoms with E-state index >= 15 is 0 Å². The van der Waals surface area contributed by atoms with Crippen LogP contribution in [0.2, 0.25) is 0 Å². The highest BCUT2D eigenvalue weighted by molar-refractivity contribution is 9.10. The van der Waals surface area contributed by atoms with Gasteiger partial charge in [0.2, 0.25) is 0 Å². The van der Waals surface area contributed by atoms with Crippen molar-refractivity contribution in [1.82, 2.24) is 0 Å². The third kappa shape index (κ3) is 2.85. The highest BCUT2D eigenvalue weighted by Crippen LogP contribution is 2.32. The van der Waals surface area contributed by atoms with Crippen molar-refractivity contribution in [3.05, 3.63) is 67.9 Å². The van der Waals surface area contributed by atoms with Crippen LogP contribution in [0.15, 0.2) is 39.3 Å². The van der Waals surface area contributed by atoms with E-state index in [0.717, 1.165) is 6.07 Å². The van der Waals surface area contributed by atoms with Gasteiger partial charge in [0.1, 0.15) is 5.82 Å². The van der Waals surface area contributed by atoms with Crippen LogP contribution in [0, 0.1) is 17.5 Å². The zero-order chi connectivity index (χ0) is 14.2. The van der Waals surface area contributed by atoms with Gasteiger partial charge in [-0.05, 0) is 45.8 Å². The first-order chi connectivity index (χ1) is 8.91. The van der Waals surface area contributed by atoms with E-state index in [1.165, 1.54) is 24.3 Å². The molecule has 1 nitrogen and oxygen atoms in total. The Morgan fingerprint density at radius 3 is 2.21 bits per heavy atom. The summed E-state index contributed by atoms with van der Waals surface area (Å²) in [5, 5.41) is 0. The summed E-state index contributed by atoms with van der Waals surface area (Å²) in [5.41, 5.74) is 6.40. The van der Waals surface area contributed by atoms with Gasteiger partial charge in [-0.3, -0.25) is 0 Å². The molecular formula is C13H8Br2F3N. The van der Waals surface area contributed by atoms with Crippen molar-refractivity contribution in [2.75, 3.05) is 0 Å². The maximum atomic E-state index is 13.7. The van der Waals surface area contributed by atoms with E-state index in [9.17, 15) is 13.2 Å². The summed E-state index contributed by atoms with van der Waals surface area (Å²) in [7, 11) is 0. The van der Waals surface area contributed by atoms with Gasteiger partial charge < -0.3 is 5.73 Å². The third-order valence-electron chi connectivity index (χ3n) is 2.69. The quantitative estimate of drug-likeness (QED) is 0.735. The number of hydrogen-bond donors (Lipinski definition) is 1. The summed E-state index contributed by atoms with van der Waals surface area (Å²) in [6, 6.07) is 5.69. The maximum Gasteiger partial charge on any atom is 0.173 e. The minimum Gasteiger partial charge on any atom is -0.320 e. The van der Waals surface area contributed by atoms with Crippen molar-refractivity contribution >= 4 is 31.9 Å². The van der Waals surface area contributed by atoms with Gasteiger partial charge >= 0.3 is 0 Å². The predicted octanol–water partition coefficient (Wildman–Crippen LogP) is 4.68. The smallest absolute Gasteiger partial charge is 0.173 e. The Bertz CT molecular complexity index is 632. The largest absolute Gasteiger partial charge is 0.320 e. The average molecular weight is 395 g/mol. The van der Waals surface area contributed by atoms with Crippen LogP contribution >= 0.6 is 31.9 Å². The lowest BCUT2D eigenvalue weighted by Gasteiger charge is -2.16. The molecule has 0 amide bonds. The lowest BCUT2D eigenvalue weighted by atomic mass is 9.99. The Morgan fingerprint density at radius 2 is 1.53 bits per heavy atom. The number of halogens is 5. The number of benzene rings is 2. The van der Waals surface area contributed by atoms with Crippen LogP contribution in [0.5, 0.6) is 0 Å². The molecule has 100 valence electrons. The van der Waals surface area contributed by atoms with Gasteiger partial charge in [0, 0.05) is 10.0 Å². The van der Waals surface area contributed by atoms with Gasteiger partial charge in [-0.2, -0.15) is 0 Å². The molecule has 0 radical (unpaired) electrons. The normalized spacial score (nSPS) is 12.5. The molecule has 6 heteroatoms. The second kappa shape index (κ2) is 5.64. The fraction of sp³-hybridized carbons (Fsp3) is 0.0769. The summed E-state index contributed by atoms with van der Waals surface area (Å²) in [4.78, 5) is 0. The Hall–Kier alpha value is -0.850. The SMILES string of the molecule is NC(c1cc(Br)ccc1F)c1ccc(F)c(F)c1Br. The number of rotatable bonds is 2. The molecule has 1 atom stereocenters. The zero-order valence-electron chi connectivity index (χ0n) is 9.43. The molecule has 1 unspecified atom stereocenters. The van der Waals surface area contributed by atoms with Crippen LogP contribution in [-0.2, 0) is 0 Å². The average Bonchev–Trinajstić information content (AvgIpc) is 2.38. The van der Waals surface area contributed by atoms with Crippen LogP contribution in [-0.4, -0.2) is 0 Å². The first-order valence-electron chi connectivity index (χ1n) is 5.25. The van der Waals surface area contributed by atoms with Gasteiger partial charge in [-0.1, -0.05) is 22.0 Å². The van der Waals surface area contributed by atoms with Crippen molar-refractivity contribution in [2.45, 2.75) is 6.04 Å². The van der Waals surface area contributed by atoms with Crippen LogP contribution in [0.1, 0.15) is 17.2 Å². The molecule has 0 heterocycles. The number of nitrogens with two attached hydrogens (primary N) is 1. The minimum absolute atomic E-state index is 0.0978. The molecule has 0 aromatic heterocycles. The van der Waals surface area contributed by atoms with Crippen molar-refractivity contribution < 1.29 is 13.2 Å². The molecule has 0 aliphatic carbocycles. The van der Waals surface area contributed by atoms with Gasteiger partial charge in [0.25, 0.3) is 0 Å². The van der Waals surface area contributed by atoms with E-state index in [0.29, 0.717) is 4.47 Å². The molecule has 0 spiro atoms. The fourth-order valence-electron chi connectivity index (χ4n) is 1.70. The minimum atomic E-state index is -1.04. The van der Waals surface area contributed by atoms with Crippen LogP contribution in [0.25, 0.3) is 0 Å². The molecule has 2 aromatic carbocycles. The summed E-state index contributed by atoms with van der Waals surface area (Å²) < 4.78 is 40.8. The Labute approximate surface area is 124 Å². The summed E-state index contributed by atoms with van der Waals surface area (Å²) in [6.07, 6.45) is 0.